The van der Waals surface area contributed by atoms with Crippen LogP contribution < -0.4 is 4.72 Å². The topological polar surface area (TPSA) is 102 Å². The first-order valence-electron chi connectivity index (χ1n) is 4.12. The summed E-state index contributed by atoms with van der Waals surface area (Å²) in [6.07, 6.45) is -0.432. The van der Waals surface area contributed by atoms with Gasteiger partial charge in [0.15, 0.2) is 5.75 Å². The monoisotopic (exact) mass is 241 g/mol. The molecule has 0 radical (unpaired) electrons. The molecule has 0 spiro atoms. The van der Waals surface area contributed by atoms with Crippen LogP contribution in [0.3, 0.4) is 0 Å². The van der Waals surface area contributed by atoms with Crippen LogP contribution in [0.5, 0.6) is 0 Å². The van der Waals surface area contributed by atoms with E-state index in [4.69, 9.17) is 14.6 Å². The van der Waals surface area contributed by atoms with E-state index in [2.05, 4.69) is 4.72 Å². The summed E-state index contributed by atoms with van der Waals surface area (Å²) >= 11 is 0. The summed E-state index contributed by atoms with van der Waals surface area (Å²) in [7, 11) is -0.921. The molecule has 0 aromatic heterocycles. The van der Waals surface area contributed by atoms with Crippen molar-refractivity contribution in [2.24, 2.45) is 0 Å². The Kier molecular flexibility index (Phi) is 6.41. The Labute approximate surface area is 88.4 Å². The predicted molar refractivity (Wildman–Crippen MR) is 52.1 cm³/mol. The van der Waals surface area contributed by atoms with Gasteiger partial charge in [-0.05, 0) is 0 Å². The largest absolute Gasteiger partial charge is 0.480 e. The van der Waals surface area contributed by atoms with Gasteiger partial charge in [0, 0.05) is 20.8 Å². The molecule has 2 N–H and O–H groups in total. The van der Waals surface area contributed by atoms with E-state index >= 15 is 0 Å². The van der Waals surface area contributed by atoms with Crippen LogP contribution in [0.15, 0.2) is 0 Å². The minimum atomic E-state index is -3.79. The summed E-state index contributed by atoms with van der Waals surface area (Å²) < 4.78 is 33.9. The smallest absolute Gasteiger partial charge is 0.320 e. The second-order valence-electron chi connectivity index (χ2n) is 2.81. The Morgan fingerprint density at radius 1 is 1.47 bits per heavy atom. The van der Waals surface area contributed by atoms with Crippen LogP contribution in [-0.4, -0.2) is 58.7 Å². The average Bonchev–Trinajstić information content (AvgIpc) is 2.10. The van der Waals surface area contributed by atoms with Gasteiger partial charge < -0.3 is 14.6 Å². The lowest BCUT2D eigenvalue weighted by Gasteiger charge is -2.14. The number of ether oxygens (including phenoxy) is 2. The van der Waals surface area contributed by atoms with E-state index in [9.17, 15) is 13.2 Å². The van der Waals surface area contributed by atoms with Gasteiger partial charge in [-0.3, -0.25) is 4.79 Å². The highest BCUT2D eigenvalue weighted by molar-refractivity contribution is 7.90. The highest BCUT2D eigenvalue weighted by atomic mass is 32.2. The first kappa shape index (κ1) is 14.3. The van der Waals surface area contributed by atoms with Crippen molar-refractivity contribution in [2.75, 3.05) is 33.1 Å². The number of carboxylic acid groups (broad SMARTS) is 1. The number of methoxy groups -OCH3 is 2. The molecule has 0 aromatic rings. The molecule has 0 aromatic carbocycles. The molecule has 1 atom stereocenters. The number of rotatable bonds is 8. The van der Waals surface area contributed by atoms with E-state index in [-0.39, 0.29) is 13.2 Å². The van der Waals surface area contributed by atoms with Crippen molar-refractivity contribution in [3.63, 3.8) is 0 Å². The predicted octanol–water partition coefficient (Wildman–Crippen LogP) is -1.35. The van der Waals surface area contributed by atoms with Crippen molar-refractivity contribution < 1.29 is 27.8 Å². The van der Waals surface area contributed by atoms with Gasteiger partial charge in [-0.2, -0.15) is 0 Å². The fourth-order valence-electron chi connectivity index (χ4n) is 0.830. The molecule has 0 rings (SSSR count). The molecule has 8 heteroatoms. The van der Waals surface area contributed by atoms with Crippen LogP contribution in [0.2, 0.25) is 0 Å². The Morgan fingerprint density at radius 3 is 2.47 bits per heavy atom. The van der Waals surface area contributed by atoms with E-state index in [1.165, 1.54) is 14.2 Å². The van der Waals surface area contributed by atoms with E-state index in [1.807, 2.05) is 0 Å². The lowest BCUT2D eigenvalue weighted by Crippen LogP contribution is -2.38. The number of hydrogen-bond donors (Lipinski definition) is 2. The minimum absolute atomic E-state index is 0.0139. The number of hydrogen-bond acceptors (Lipinski definition) is 5. The van der Waals surface area contributed by atoms with Gasteiger partial charge in [0.1, 0.15) is 0 Å². The number of sulfonamides is 1. The number of carbonyl (C=O) groups is 1. The summed E-state index contributed by atoms with van der Waals surface area (Å²) in [6, 6.07) is 0. The maximum absolute atomic E-state index is 11.1. The Hall–Kier alpha value is -0.700. The second kappa shape index (κ2) is 6.72. The molecular weight excluding hydrogens is 226 g/mol. The van der Waals surface area contributed by atoms with Crippen LogP contribution in [0, 0.1) is 0 Å². The molecule has 90 valence electrons. The standard InChI is InChI=1S/C7H15NO6S/c1-13-4-6(14-2)3-8-15(11,12)5-7(9)10/h6,8H,3-5H2,1-2H3,(H,9,10). The molecule has 0 amide bonds. The van der Waals surface area contributed by atoms with Crippen molar-refractivity contribution in [1.29, 1.82) is 0 Å². The zero-order valence-corrected chi connectivity index (χ0v) is 9.41. The van der Waals surface area contributed by atoms with Crippen LogP contribution in [0.1, 0.15) is 0 Å². The van der Waals surface area contributed by atoms with Gasteiger partial charge in [0.25, 0.3) is 0 Å². The lowest BCUT2D eigenvalue weighted by molar-refractivity contribution is -0.134. The van der Waals surface area contributed by atoms with Crippen LogP contribution in [0.4, 0.5) is 0 Å². The number of carboxylic acids is 1. The summed E-state index contributed by atoms with van der Waals surface area (Å²) in [5.41, 5.74) is 0. The fraction of sp³-hybridized carbons (Fsp3) is 0.857. The van der Waals surface area contributed by atoms with Crippen molar-refractivity contribution >= 4 is 16.0 Å². The molecule has 15 heavy (non-hydrogen) atoms. The normalized spacial score (nSPS) is 13.7. The molecule has 0 saturated heterocycles. The number of nitrogens with one attached hydrogen (secondary N) is 1. The van der Waals surface area contributed by atoms with E-state index < -0.39 is 27.8 Å². The fourth-order valence-corrected chi connectivity index (χ4v) is 1.70. The van der Waals surface area contributed by atoms with Gasteiger partial charge in [-0.15, -0.1) is 0 Å². The molecule has 7 nitrogen and oxygen atoms in total. The Morgan fingerprint density at radius 2 is 2.07 bits per heavy atom. The summed E-state index contributed by atoms with van der Waals surface area (Å²) in [5.74, 6) is -2.35. The molecule has 0 aliphatic heterocycles. The first-order valence-corrected chi connectivity index (χ1v) is 5.77. The summed E-state index contributed by atoms with van der Waals surface area (Å²) in [5, 5.41) is 8.30. The Balaban J connectivity index is 4.06. The lowest BCUT2D eigenvalue weighted by atomic mass is 10.4. The summed E-state index contributed by atoms with van der Waals surface area (Å²) in [6.45, 7) is 0.214. The molecule has 0 heterocycles. The quantitative estimate of drug-likeness (QED) is 0.545. The maximum Gasteiger partial charge on any atom is 0.320 e. The van der Waals surface area contributed by atoms with Gasteiger partial charge in [0.05, 0.1) is 12.7 Å². The van der Waals surface area contributed by atoms with E-state index in [0.717, 1.165) is 0 Å². The van der Waals surface area contributed by atoms with Crippen LogP contribution in [0.25, 0.3) is 0 Å². The van der Waals surface area contributed by atoms with Crippen molar-refractivity contribution in [3.8, 4) is 0 Å². The van der Waals surface area contributed by atoms with Gasteiger partial charge in [0.2, 0.25) is 10.0 Å². The maximum atomic E-state index is 11.1. The highest BCUT2D eigenvalue weighted by Gasteiger charge is 2.17. The molecule has 1 unspecified atom stereocenters. The molecule has 0 bridgehead atoms. The van der Waals surface area contributed by atoms with E-state index in [0.29, 0.717) is 0 Å². The van der Waals surface area contributed by atoms with Gasteiger partial charge in [-0.1, -0.05) is 0 Å². The average molecular weight is 241 g/mol. The SMILES string of the molecule is COCC(CNS(=O)(=O)CC(=O)O)OC. The van der Waals surface area contributed by atoms with Crippen molar-refractivity contribution in [3.05, 3.63) is 0 Å². The molecule has 0 fully saturated rings. The zero-order chi connectivity index (χ0) is 11.9. The second-order valence-corrected chi connectivity index (χ2v) is 4.62. The third kappa shape index (κ3) is 7.25. The first-order chi connectivity index (χ1) is 6.91. The Bertz CT molecular complexity index is 288. The third-order valence-electron chi connectivity index (χ3n) is 1.53. The van der Waals surface area contributed by atoms with Gasteiger partial charge in [-0.25, -0.2) is 13.1 Å². The molecule has 0 aliphatic rings. The highest BCUT2D eigenvalue weighted by Crippen LogP contribution is 1.91. The molecule has 0 aliphatic carbocycles. The molecular formula is C7H15NO6S. The van der Waals surface area contributed by atoms with Crippen molar-refractivity contribution in [1.82, 2.24) is 4.72 Å². The summed E-state index contributed by atoms with van der Waals surface area (Å²) in [4.78, 5) is 10.2. The van der Waals surface area contributed by atoms with Crippen LogP contribution >= 0.6 is 0 Å². The third-order valence-corrected chi connectivity index (χ3v) is 2.76. The van der Waals surface area contributed by atoms with Crippen LogP contribution in [-0.2, 0) is 24.3 Å². The zero-order valence-electron chi connectivity index (χ0n) is 8.60. The minimum Gasteiger partial charge on any atom is -0.480 e. The van der Waals surface area contributed by atoms with Crippen molar-refractivity contribution in [2.45, 2.75) is 6.10 Å². The van der Waals surface area contributed by atoms with Gasteiger partial charge >= 0.3 is 5.97 Å². The number of aliphatic carboxylic acids is 1. The van der Waals surface area contributed by atoms with E-state index in [1.54, 1.807) is 0 Å². The molecule has 0 saturated carbocycles.